The SMILES string of the molecule is COc1nccc2cc(NC(=O)N3Cc4ccccc4NC(=O)C3C)ccc12. The number of amides is 3. The molecule has 1 aliphatic rings. The van der Waals surface area contributed by atoms with E-state index in [-0.39, 0.29) is 11.9 Å². The molecule has 7 nitrogen and oxygen atoms in total. The quantitative estimate of drug-likeness (QED) is 0.716. The molecule has 7 heteroatoms. The first-order chi connectivity index (χ1) is 13.6. The molecule has 1 aromatic heterocycles. The van der Waals surface area contributed by atoms with Crippen molar-refractivity contribution in [3.63, 3.8) is 0 Å². The van der Waals surface area contributed by atoms with E-state index in [0.717, 1.165) is 22.0 Å². The zero-order valence-electron chi connectivity index (χ0n) is 15.6. The van der Waals surface area contributed by atoms with Crippen molar-refractivity contribution in [1.82, 2.24) is 9.88 Å². The number of benzene rings is 2. The van der Waals surface area contributed by atoms with Gasteiger partial charge in [-0.1, -0.05) is 18.2 Å². The maximum atomic E-state index is 12.9. The maximum Gasteiger partial charge on any atom is 0.322 e. The molecular formula is C21H20N4O3. The maximum absolute atomic E-state index is 12.9. The number of carbonyl (C=O) groups is 2. The zero-order valence-corrected chi connectivity index (χ0v) is 15.6. The van der Waals surface area contributed by atoms with Crippen LogP contribution in [0.5, 0.6) is 5.88 Å². The third-order valence-corrected chi connectivity index (χ3v) is 4.90. The van der Waals surface area contributed by atoms with Gasteiger partial charge in [0.2, 0.25) is 11.8 Å². The molecule has 1 unspecified atom stereocenters. The van der Waals surface area contributed by atoms with E-state index in [2.05, 4.69) is 15.6 Å². The molecule has 0 radical (unpaired) electrons. The van der Waals surface area contributed by atoms with Crippen LogP contribution in [0.25, 0.3) is 10.8 Å². The molecule has 1 aliphatic heterocycles. The van der Waals surface area contributed by atoms with Gasteiger partial charge in [-0.25, -0.2) is 9.78 Å². The van der Waals surface area contributed by atoms with E-state index in [0.29, 0.717) is 18.1 Å². The molecule has 0 bridgehead atoms. The average Bonchev–Trinajstić information content (AvgIpc) is 2.83. The highest BCUT2D eigenvalue weighted by atomic mass is 16.5. The van der Waals surface area contributed by atoms with Crippen molar-refractivity contribution in [2.75, 3.05) is 17.7 Å². The number of anilines is 2. The Bertz CT molecular complexity index is 1070. The lowest BCUT2D eigenvalue weighted by Crippen LogP contribution is -2.45. The number of carbonyl (C=O) groups excluding carboxylic acids is 2. The highest BCUT2D eigenvalue weighted by Crippen LogP contribution is 2.27. The fraction of sp³-hybridized carbons (Fsp3) is 0.190. The standard InChI is InChI=1S/C21H20N4O3/c1-13-19(26)24-18-6-4-3-5-15(18)12-25(13)21(27)23-16-7-8-17-14(11-16)9-10-22-20(17)28-2/h3-11,13H,12H2,1-2H3,(H,23,27)(H,24,26). The van der Waals surface area contributed by atoms with E-state index in [1.54, 1.807) is 26.3 Å². The van der Waals surface area contributed by atoms with Crippen LogP contribution in [0.2, 0.25) is 0 Å². The molecule has 142 valence electrons. The van der Waals surface area contributed by atoms with Gasteiger partial charge in [-0.15, -0.1) is 0 Å². The van der Waals surface area contributed by atoms with Gasteiger partial charge in [0, 0.05) is 23.0 Å². The van der Waals surface area contributed by atoms with Crippen LogP contribution in [-0.4, -0.2) is 35.0 Å². The van der Waals surface area contributed by atoms with Crippen molar-refractivity contribution < 1.29 is 14.3 Å². The van der Waals surface area contributed by atoms with Crippen molar-refractivity contribution in [3.8, 4) is 5.88 Å². The van der Waals surface area contributed by atoms with E-state index in [4.69, 9.17) is 4.74 Å². The Morgan fingerprint density at radius 2 is 2.07 bits per heavy atom. The van der Waals surface area contributed by atoms with E-state index in [1.807, 2.05) is 42.5 Å². The highest BCUT2D eigenvalue weighted by Gasteiger charge is 2.30. The number of pyridine rings is 1. The van der Waals surface area contributed by atoms with E-state index < -0.39 is 6.04 Å². The average molecular weight is 376 g/mol. The minimum absolute atomic E-state index is 0.213. The van der Waals surface area contributed by atoms with Crippen molar-refractivity contribution in [1.29, 1.82) is 0 Å². The first kappa shape index (κ1) is 17.8. The summed E-state index contributed by atoms with van der Waals surface area (Å²) in [6.45, 7) is 2.06. The summed E-state index contributed by atoms with van der Waals surface area (Å²) in [5.41, 5.74) is 2.26. The second kappa shape index (κ2) is 7.19. The minimum atomic E-state index is -0.600. The number of hydrogen-bond donors (Lipinski definition) is 2. The predicted octanol–water partition coefficient (Wildman–Crippen LogP) is 3.62. The fourth-order valence-electron chi connectivity index (χ4n) is 3.31. The van der Waals surface area contributed by atoms with Crippen LogP contribution in [0.3, 0.4) is 0 Å². The summed E-state index contributed by atoms with van der Waals surface area (Å²) in [6.07, 6.45) is 1.66. The minimum Gasteiger partial charge on any atom is -0.481 e. The van der Waals surface area contributed by atoms with Crippen LogP contribution in [-0.2, 0) is 11.3 Å². The molecular weight excluding hydrogens is 356 g/mol. The third kappa shape index (κ3) is 3.22. The van der Waals surface area contributed by atoms with E-state index in [9.17, 15) is 9.59 Å². The molecule has 0 saturated carbocycles. The van der Waals surface area contributed by atoms with Crippen LogP contribution < -0.4 is 15.4 Å². The van der Waals surface area contributed by atoms with Gasteiger partial charge in [-0.3, -0.25) is 4.79 Å². The van der Waals surface area contributed by atoms with Crippen LogP contribution in [0.15, 0.2) is 54.7 Å². The summed E-state index contributed by atoms with van der Waals surface area (Å²) in [7, 11) is 1.57. The van der Waals surface area contributed by atoms with Crippen molar-refractivity contribution in [2.45, 2.75) is 19.5 Å². The number of para-hydroxylation sites is 1. The molecule has 0 spiro atoms. The van der Waals surface area contributed by atoms with Crippen LogP contribution in [0.4, 0.5) is 16.2 Å². The molecule has 2 aromatic carbocycles. The van der Waals surface area contributed by atoms with Gasteiger partial charge in [0.25, 0.3) is 0 Å². The first-order valence-corrected chi connectivity index (χ1v) is 8.96. The summed E-state index contributed by atoms with van der Waals surface area (Å²) in [6, 6.07) is 13.9. The normalized spacial score (nSPS) is 16.1. The van der Waals surface area contributed by atoms with Crippen molar-refractivity contribution in [3.05, 3.63) is 60.3 Å². The number of rotatable bonds is 2. The number of urea groups is 1. The van der Waals surface area contributed by atoms with Gasteiger partial charge in [-0.2, -0.15) is 0 Å². The number of methoxy groups -OCH3 is 1. The highest BCUT2D eigenvalue weighted by molar-refractivity contribution is 6.01. The molecule has 3 amide bonds. The molecule has 3 aromatic rings. The monoisotopic (exact) mass is 376 g/mol. The van der Waals surface area contributed by atoms with Gasteiger partial charge >= 0.3 is 6.03 Å². The summed E-state index contributed by atoms with van der Waals surface area (Å²) in [5.74, 6) is 0.319. The van der Waals surface area contributed by atoms with Gasteiger partial charge in [0.15, 0.2) is 0 Å². The van der Waals surface area contributed by atoms with Crippen LogP contribution >= 0.6 is 0 Å². The predicted molar refractivity (Wildman–Crippen MR) is 107 cm³/mol. The Labute approximate surface area is 162 Å². The van der Waals surface area contributed by atoms with E-state index >= 15 is 0 Å². The summed E-state index contributed by atoms with van der Waals surface area (Å²) in [5, 5.41) is 7.53. The van der Waals surface area contributed by atoms with Crippen LogP contribution in [0, 0.1) is 0 Å². The molecule has 4 rings (SSSR count). The smallest absolute Gasteiger partial charge is 0.322 e. The summed E-state index contributed by atoms with van der Waals surface area (Å²) < 4.78 is 5.27. The summed E-state index contributed by atoms with van der Waals surface area (Å²) in [4.78, 5) is 31.1. The molecule has 0 saturated heterocycles. The lowest BCUT2D eigenvalue weighted by atomic mass is 10.1. The third-order valence-electron chi connectivity index (χ3n) is 4.90. The lowest BCUT2D eigenvalue weighted by Gasteiger charge is -2.26. The number of nitrogens with one attached hydrogen (secondary N) is 2. The number of hydrogen-bond acceptors (Lipinski definition) is 4. The Kier molecular flexibility index (Phi) is 4.57. The van der Waals surface area contributed by atoms with Gasteiger partial charge in [-0.05, 0) is 48.2 Å². The van der Waals surface area contributed by atoms with Gasteiger partial charge in [0.1, 0.15) is 6.04 Å². The van der Waals surface area contributed by atoms with Crippen molar-refractivity contribution >= 4 is 34.1 Å². The molecule has 0 fully saturated rings. The molecule has 2 heterocycles. The Morgan fingerprint density at radius 1 is 1.25 bits per heavy atom. The van der Waals surface area contributed by atoms with E-state index in [1.165, 1.54) is 4.90 Å². The number of aromatic nitrogens is 1. The number of fused-ring (bicyclic) bond motifs is 2. The number of ether oxygens (including phenoxy) is 1. The zero-order chi connectivity index (χ0) is 19.7. The lowest BCUT2D eigenvalue weighted by molar-refractivity contribution is -0.119. The molecule has 2 N–H and O–H groups in total. The van der Waals surface area contributed by atoms with Gasteiger partial charge in [0.05, 0.1) is 13.7 Å². The van der Waals surface area contributed by atoms with Crippen LogP contribution in [0.1, 0.15) is 12.5 Å². The molecule has 28 heavy (non-hydrogen) atoms. The Balaban J connectivity index is 1.60. The summed E-state index contributed by atoms with van der Waals surface area (Å²) >= 11 is 0. The van der Waals surface area contributed by atoms with Crippen molar-refractivity contribution in [2.24, 2.45) is 0 Å². The number of nitrogens with zero attached hydrogens (tertiary/aromatic N) is 2. The Morgan fingerprint density at radius 3 is 2.89 bits per heavy atom. The second-order valence-electron chi connectivity index (χ2n) is 6.64. The van der Waals surface area contributed by atoms with Gasteiger partial charge < -0.3 is 20.3 Å². The Hall–Kier alpha value is -3.61. The topological polar surface area (TPSA) is 83.6 Å². The first-order valence-electron chi connectivity index (χ1n) is 8.96. The second-order valence-corrected chi connectivity index (χ2v) is 6.64. The molecule has 1 atom stereocenters. The molecule has 0 aliphatic carbocycles. The largest absolute Gasteiger partial charge is 0.481 e. The fourth-order valence-corrected chi connectivity index (χ4v) is 3.31.